The van der Waals surface area contributed by atoms with Gasteiger partial charge in [-0.2, -0.15) is 0 Å². The van der Waals surface area contributed by atoms with Gasteiger partial charge in [0.05, 0.1) is 0 Å². The first-order chi connectivity index (χ1) is 10.4. The van der Waals surface area contributed by atoms with Crippen LogP contribution in [0.2, 0.25) is 0 Å². The summed E-state index contributed by atoms with van der Waals surface area (Å²) in [5.74, 6) is 0.500. The average molecular weight is 331 g/mol. The minimum absolute atomic E-state index is 0.250. The lowest BCUT2D eigenvalue weighted by Crippen LogP contribution is -1.87. The zero-order chi connectivity index (χ0) is 17.0. The van der Waals surface area contributed by atoms with Gasteiger partial charge in [0.15, 0.2) is 0 Å². The molecule has 2 aromatic rings. The number of aromatic hydroxyl groups is 2. The van der Waals surface area contributed by atoms with E-state index < -0.39 is 7.54 Å². The summed E-state index contributed by atoms with van der Waals surface area (Å²) in [6, 6.07) is 14.0. The minimum atomic E-state index is -3.67. The van der Waals surface area contributed by atoms with Crippen molar-refractivity contribution in [3.63, 3.8) is 0 Å². The Bertz CT molecular complexity index is 501. The quantitative estimate of drug-likeness (QED) is 0.725. The maximum atomic E-state index is 9.67. The molecule has 0 aliphatic heterocycles. The monoisotopic (exact) mass is 331 g/mol. The van der Waals surface area contributed by atoms with Crippen molar-refractivity contribution in [2.75, 3.05) is 6.54 Å². The molecule has 0 saturated carbocycles. The zero-order valence-corrected chi connectivity index (χ0v) is 12.7. The van der Waals surface area contributed by atoms with Crippen molar-refractivity contribution in [3.8, 4) is 11.5 Å². The Balaban J connectivity index is 0.000000537. The Morgan fingerprint density at radius 2 is 1.27 bits per heavy atom. The summed E-state index contributed by atoms with van der Waals surface area (Å²) < 4.78 is 29.0. The first-order valence-corrected chi connectivity index (χ1v) is 7.08. The Morgan fingerprint density at radius 3 is 1.55 bits per heavy atom. The van der Waals surface area contributed by atoms with Crippen LogP contribution in [0, 0.1) is 0 Å². The molecule has 0 aliphatic rings. The third-order valence-corrected chi connectivity index (χ3v) is 2.85. The lowest BCUT2D eigenvalue weighted by atomic mass is 10.3. The smallest absolute Gasteiger partial charge is 0.508 e. The van der Waals surface area contributed by atoms with Gasteiger partial charge < -0.3 is 15.9 Å². The first kappa shape index (κ1) is 20.2. The van der Waals surface area contributed by atoms with E-state index in [9.17, 15) is 23.2 Å². The lowest BCUT2D eigenvalue weighted by Gasteiger charge is -2.02. The molecule has 0 amide bonds. The van der Waals surface area contributed by atoms with Gasteiger partial charge in [-0.3, -0.25) is 12.9 Å². The molecule has 2 aromatic carbocycles. The SMILES string of the molecule is CCN.FB(F)F.Oc1cccc(Sc2cccc(O)c2)c1. The van der Waals surface area contributed by atoms with E-state index in [1.807, 2.05) is 19.1 Å². The number of halogens is 3. The Hall–Kier alpha value is -1.80. The Labute approximate surface area is 132 Å². The highest BCUT2D eigenvalue weighted by Gasteiger charge is 2.06. The largest absolute Gasteiger partial charge is 0.762 e. The fourth-order valence-corrected chi connectivity index (χ4v) is 2.15. The predicted octanol–water partition coefficient (Wildman–Crippen LogP) is 4.09. The van der Waals surface area contributed by atoms with Crippen LogP contribution in [0.15, 0.2) is 58.3 Å². The van der Waals surface area contributed by atoms with Crippen LogP contribution >= 0.6 is 11.8 Å². The number of benzene rings is 2. The number of hydrogen-bond donors (Lipinski definition) is 3. The molecule has 120 valence electrons. The summed E-state index contributed by atoms with van der Waals surface area (Å²) in [7, 11) is -3.67. The molecule has 0 spiro atoms. The molecule has 0 heterocycles. The van der Waals surface area contributed by atoms with Gasteiger partial charge in [-0.25, -0.2) is 0 Å². The highest BCUT2D eigenvalue weighted by molar-refractivity contribution is 7.99. The van der Waals surface area contributed by atoms with E-state index in [4.69, 9.17) is 5.73 Å². The van der Waals surface area contributed by atoms with Crippen LogP contribution in [-0.2, 0) is 0 Å². The Morgan fingerprint density at radius 1 is 0.955 bits per heavy atom. The highest BCUT2D eigenvalue weighted by atomic mass is 32.2. The molecule has 0 bridgehead atoms. The molecule has 2 rings (SSSR count). The van der Waals surface area contributed by atoms with Gasteiger partial charge in [0, 0.05) is 9.79 Å². The predicted molar refractivity (Wildman–Crippen MR) is 84.1 cm³/mol. The topological polar surface area (TPSA) is 66.5 Å². The fraction of sp³-hybridized carbons (Fsp3) is 0.143. The zero-order valence-electron chi connectivity index (χ0n) is 11.9. The second kappa shape index (κ2) is 11.8. The minimum Gasteiger partial charge on any atom is -0.508 e. The van der Waals surface area contributed by atoms with Crippen molar-refractivity contribution in [1.82, 2.24) is 0 Å². The summed E-state index contributed by atoms with van der Waals surface area (Å²) in [6.07, 6.45) is 0. The van der Waals surface area contributed by atoms with Crippen molar-refractivity contribution in [2.24, 2.45) is 5.73 Å². The standard InChI is InChI=1S/C12H10O2S.C2H7N.BF3/c13-9-3-1-5-11(7-9)15-12-6-2-4-10(14)8-12;1-2-3;2-1(3)4/h1-8,13-14H;2-3H2,1H3;. The third kappa shape index (κ3) is 10.9. The van der Waals surface area contributed by atoms with Gasteiger partial charge >= 0.3 is 7.54 Å². The van der Waals surface area contributed by atoms with Gasteiger partial charge in [-0.05, 0) is 42.9 Å². The molecule has 0 aromatic heterocycles. The van der Waals surface area contributed by atoms with E-state index >= 15 is 0 Å². The van der Waals surface area contributed by atoms with Gasteiger partial charge in [0.1, 0.15) is 11.5 Å². The molecule has 0 saturated heterocycles. The summed E-state index contributed by atoms with van der Waals surface area (Å²) >= 11 is 1.50. The van der Waals surface area contributed by atoms with E-state index in [0.29, 0.717) is 0 Å². The molecule has 0 unspecified atom stereocenters. The van der Waals surface area contributed by atoms with Crippen molar-refractivity contribution in [3.05, 3.63) is 48.5 Å². The number of phenolic OH excluding ortho intramolecular Hbond substituents is 2. The second-order valence-corrected chi connectivity index (χ2v) is 4.90. The van der Waals surface area contributed by atoms with E-state index in [1.165, 1.54) is 11.8 Å². The molecule has 3 nitrogen and oxygen atoms in total. The van der Waals surface area contributed by atoms with Crippen molar-refractivity contribution in [2.45, 2.75) is 16.7 Å². The van der Waals surface area contributed by atoms with Crippen LogP contribution in [0.25, 0.3) is 0 Å². The lowest BCUT2D eigenvalue weighted by molar-refractivity contribution is 0.473. The molecular formula is C14H17BF3NO2S. The second-order valence-electron chi connectivity index (χ2n) is 3.75. The molecule has 0 radical (unpaired) electrons. The van der Waals surface area contributed by atoms with Gasteiger partial charge in [0.2, 0.25) is 0 Å². The number of rotatable bonds is 2. The average Bonchev–Trinajstić information content (AvgIpc) is 2.39. The summed E-state index contributed by atoms with van der Waals surface area (Å²) in [5.41, 5.74) is 4.85. The molecule has 0 aliphatic carbocycles. The van der Waals surface area contributed by atoms with E-state index in [1.54, 1.807) is 36.4 Å². The molecule has 0 fully saturated rings. The van der Waals surface area contributed by atoms with Crippen molar-refractivity contribution < 1.29 is 23.2 Å². The van der Waals surface area contributed by atoms with Gasteiger partial charge in [0.25, 0.3) is 0 Å². The third-order valence-electron chi connectivity index (χ3n) is 1.87. The van der Waals surface area contributed by atoms with Gasteiger partial charge in [-0.15, -0.1) is 0 Å². The normalized spacial score (nSPS) is 8.95. The maximum absolute atomic E-state index is 9.67. The summed E-state index contributed by atoms with van der Waals surface area (Å²) in [4.78, 5) is 1.89. The molecule has 22 heavy (non-hydrogen) atoms. The van der Waals surface area contributed by atoms with Gasteiger partial charge in [-0.1, -0.05) is 30.8 Å². The summed E-state index contributed by atoms with van der Waals surface area (Å²) in [6.45, 7) is 2.65. The summed E-state index contributed by atoms with van der Waals surface area (Å²) in [5, 5.41) is 18.6. The first-order valence-electron chi connectivity index (χ1n) is 6.27. The molecule has 8 heteroatoms. The number of phenols is 2. The van der Waals surface area contributed by atoms with Crippen LogP contribution < -0.4 is 5.73 Å². The fourth-order valence-electron chi connectivity index (χ4n) is 1.23. The molecule has 0 atom stereocenters. The Kier molecular flexibility index (Phi) is 10.9. The molecular weight excluding hydrogens is 314 g/mol. The van der Waals surface area contributed by atoms with Crippen LogP contribution in [0.5, 0.6) is 11.5 Å². The van der Waals surface area contributed by atoms with Crippen LogP contribution in [0.4, 0.5) is 12.9 Å². The van der Waals surface area contributed by atoms with Crippen LogP contribution in [0.1, 0.15) is 6.92 Å². The molecule has 4 N–H and O–H groups in total. The highest BCUT2D eigenvalue weighted by Crippen LogP contribution is 2.31. The van der Waals surface area contributed by atoms with Crippen LogP contribution in [0.3, 0.4) is 0 Å². The number of nitrogens with two attached hydrogens (primary N) is 1. The maximum Gasteiger partial charge on any atom is 0.762 e. The van der Waals surface area contributed by atoms with E-state index in [2.05, 4.69) is 0 Å². The van der Waals surface area contributed by atoms with Crippen molar-refractivity contribution >= 4 is 19.3 Å². The van der Waals surface area contributed by atoms with Crippen molar-refractivity contribution in [1.29, 1.82) is 0 Å². The van der Waals surface area contributed by atoms with E-state index in [0.717, 1.165) is 16.3 Å². The number of hydrogen-bond acceptors (Lipinski definition) is 4. The van der Waals surface area contributed by atoms with E-state index in [-0.39, 0.29) is 11.5 Å². The van der Waals surface area contributed by atoms with Crippen LogP contribution in [-0.4, -0.2) is 24.3 Å².